The predicted molar refractivity (Wildman–Crippen MR) is 83.4 cm³/mol. The van der Waals surface area contributed by atoms with E-state index in [1.165, 1.54) is 0 Å². The van der Waals surface area contributed by atoms with Gasteiger partial charge in [-0.25, -0.2) is 0 Å². The molecule has 0 saturated carbocycles. The number of nitrogens with two attached hydrogens (primary N) is 1. The van der Waals surface area contributed by atoms with Gasteiger partial charge in [-0.3, -0.25) is 9.59 Å². The number of hydrogen-bond donors (Lipinski definition) is 3. The number of rotatable bonds is 3. The molecule has 2 aromatic rings. The summed E-state index contributed by atoms with van der Waals surface area (Å²) in [5.74, 6) is -0.508. The Balaban J connectivity index is 2.24. The van der Waals surface area contributed by atoms with Crippen molar-refractivity contribution in [3.63, 3.8) is 0 Å². The Labute approximate surface area is 123 Å². The van der Waals surface area contributed by atoms with Crippen molar-refractivity contribution in [1.82, 2.24) is 5.32 Å². The lowest BCUT2D eigenvalue weighted by Gasteiger charge is -2.10. The topological polar surface area (TPSA) is 84.2 Å². The van der Waals surface area contributed by atoms with E-state index >= 15 is 0 Å². The number of nitrogens with one attached hydrogen (secondary N) is 2. The van der Waals surface area contributed by atoms with E-state index in [-0.39, 0.29) is 11.8 Å². The number of anilines is 2. The molecule has 0 spiro atoms. The Morgan fingerprint density at radius 3 is 2.48 bits per heavy atom. The number of hydrogen-bond acceptors (Lipinski definition) is 3. The van der Waals surface area contributed by atoms with Crippen molar-refractivity contribution in [2.75, 3.05) is 18.1 Å². The fourth-order valence-corrected chi connectivity index (χ4v) is 1.96. The summed E-state index contributed by atoms with van der Waals surface area (Å²) in [6, 6.07) is 12.0. The van der Waals surface area contributed by atoms with Gasteiger partial charge in [0.15, 0.2) is 0 Å². The molecular weight excluding hydrogens is 266 g/mol. The standard InChI is InChI=1S/C16H17N3O2/c1-10-5-3-8-13(14(10)17)16(21)19-12-7-4-6-11(9-12)15(20)18-2/h3-9H,17H2,1-2H3,(H,18,20)(H,19,21). The van der Waals surface area contributed by atoms with Crippen LogP contribution in [0.1, 0.15) is 26.3 Å². The maximum absolute atomic E-state index is 12.2. The van der Waals surface area contributed by atoms with Crippen LogP contribution >= 0.6 is 0 Å². The van der Waals surface area contributed by atoms with Gasteiger partial charge in [-0.2, -0.15) is 0 Å². The first-order valence-corrected chi connectivity index (χ1v) is 6.51. The van der Waals surface area contributed by atoms with Crippen molar-refractivity contribution in [3.8, 4) is 0 Å². The quantitative estimate of drug-likeness (QED) is 0.755. The van der Waals surface area contributed by atoms with Gasteiger partial charge < -0.3 is 16.4 Å². The van der Waals surface area contributed by atoms with Crippen molar-refractivity contribution in [3.05, 3.63) is 59.2 Å². The Morgan fingerprint density at radius 1 is 1.05 bits per heavy atom. The molecule has 21 heavy (non-hydrogen) atoms. The van der Waals surface area contributed by atoms with Gasteiger partial charge >= 0.3 is 0 Å². The summed E-state index contributed by atoms with van der Waals surface area (Å²) in [4.78, 5) is 23.8. The number of nitrogen functional groups attached to an aromatic ring is 1. The normalized spacial score (nSPS) is 10.0. The number of aryl methyl sites for hydroxylation is 1. The summed E-state index contributed by atoms with van der Waals surface area (Å²) in [5, 5.41) is 5.29. The monoisotopic (exact) mass is 283 g/mol. The van der Waals surface area contributed by atoms with Crippen LogP contribution < -0.4 is 16.4 Å². The lowest BCUT2D eigenvalue weighted by Crippen LogP contribution is -2.18. The molecule has 0 unspecified atom stereocenters. The van der Waals surface area contributed by atoms with Crippen LogP contribution in [-0.4, -0.2) is 18.9 Å². The van der Waals surface area contributed by atoms with E-state index < -0.39 is 0 Å². The van der Waals surface area contributed by atoms with E-state index in [2.05, 4.69) is 10.6 Å². The van der Waals surface area contributed by atoms with Gasteiger partial charge in [-0.15, -0.1) is 0 Å². The Kier molecular flexibility index (Phi) is 4.23. The minimum absolute atomic E-state index is 0.207. The van der Waals surface area contributed by atoms with E-state index in [0.29, 0.717) is 22.5 Å². The highest BCUT2D eigenvalue weighted by molar-refractivity contribution is 6.08. The third-order valence-electron chi connectivity index (χ3n) is 3.18. The highest BCUT2D eigenvalue weighted by Crippen LogP contribution is 2.19. The Morgan fingerprint density at radius 2 is 1.76 bits per heavy atom. The molecule has 5 nitrogen and oxygen atoms in total. The summed E-state index contributed by atoms with van der Waals surface area (Å²) < 4.78 is 0. The van der Waals surface area contributed by atoms with Gasteiger partial charge in [-0.1, -0.05) is 18.2 Å². The average Bonchev–Trinajstić information content (AvgIpc) is 2.49. The van der Waals surface area contributed by atoms with Crippen LogP contribution in [0.4, 0.5) is 11.4 Å². The minimum Gasteiger partial charge on any atom is -0.398 e. The number of amides is 2. The van der Waals surface area contributed by atoms with E-state index in [1.807, 2.05) is 13.0 Å². The van der Waals surface area contributed by atoms with Crippen LogP contribution in [0.15, 0.2) is 42.5 Å². The van der Waals surface area contributed by atoms with Crippen molar-refractivity contribution in [2.45, 2.75) is 6.92 Å². The van der Waals surface area contributed by atoms with E-state index in [1.54, 1.807) is 43.4 Å². The van der Waals surface area contributed by atoms with Crippen molar-refractivity contribution in [2.24, 2.45) is 0 Å². The molecule has 4 N–H and O–H groups in total. The molecule has 108 valence electrons. The molecule has 2 amide bonds. The van der Waals surface area contributed by atoms with Gasteiger partial charge in [0.05, 0.1) is 5.56 Å². The van der Waals surface area contributed by atoms with Crippen molar-refractivity contribution < 1.29 is 9.59 Å². The predicted octanol–water partition coefficient (Wildman–Crippen LogP) is 2.19. The second-order valence-corrected chi connectivity index (χ2v) is 4.65. The SMILES string of the molecule is CNC(=O)c1cccc(NC(=O)c2cccc(C)c2N)c1. The first-order chi connectivity index (χ1) is 10.0. The molecule has 0 aliphatic carbocycles. The molecule has 0 saturated heterocycles. The first-order valence-electron chi connectivity index (χ1n) is 6.51. The maximum Gasteiger partial charge on any atom is 0.257 e. The number of carbonyl (C=O) groups is 2. The Bertz CT molecular complexity index is 696. The molecule has 0 radical (unpaired) electrons. The molecule has 0 heterocycles. The van der Waals surface area contributed by atoms with Crippen LogP contribution in [-0.2, 0) is 0 Å². The first kappa shape index (κ1) is 14.6. The zero-order valence-corrected chi connectivity index (χ0v) is 11.9. The highest BCUT2D eigenvalue weighted by atomic mass is 16.2. The van der Waals surface area contributed by atoms with Gasteiger partial charge in [0, 0.05) is 24.0 Å². The van der Waals surface area contributed by atoms with E-state index in [0.717, 1.165) is 5.56 Å². The lowest BCUT2D eigenvalue weighted by molar-refractivity contribution is 0.0961. The largest absolute Gasteiger partial charge is 0.398 e. The number of benzene rings is 2. The fourth-order valence-electron chi connectivity index (χ4n) is 1.96. The second-order valence-electron chi connectivity index (χ2n) is 4.65. The average molecular weight is 283 g/mol. The van der Waals surface area contributed by atoms with Crippen molar-refractivity contribution >= 4 is 23.2 Å². The molecule has 2 rings (SSSR count). The van der Waals surface area contributed by atoms with Gasteiger partial charge in [0.25, 0.3) is 11.8 Å². The van der Waals surface area contributed by atoms with Gasteiger partial charge in [0.2, 0.25) is 0 Å². The molecule has 0 atom stereocenters. The smallest absolute Gasteiger partial charge is 0.257 e. The van der Waals surface area contributed by atoms with Crippen LogP contribution in [0.25, 0.3) is 0 Å². The lowest BCUT2D eigenvalue weighted by atomic mass is 10.1. The third kappa shape index (κ3) is 3.20. The highest BCUT2D eigenvalue weighted by Gasteiger charge is 2.12. The number of carbonyl (C=O) groups excluding carboxylic acids is 2. The summed E-state index contributed by atoms with van der Waals surface area (Å²) >= 11 is 0. The molecule has 0 bridgehead atoms. The summed E-state index contributed by atoms with van der Waals surface area (Å²) in [6.45, 7) is 1.85. The second kappa shape index (κ2) is 6.09. The molecule has 0 aromatic heterocycles. The minimum atomic E-state index is -0.301. The molecule has 0 aliphatic rings. The molecule has 2 aromatic carbocycles. The zero-order chi connectivity index (χ0) is 15.4. The fraction of sp³-hybridized carbons (Fsp3) is 0.125. The molecular formula is C16H17N3O2. The van der Waals surface area contributed by atoms with Gasteiger partial charge in [0.1, 0.15) is 0 Å². The summed E-state index contributed by atoms with van der Waals surface area (Å²) in [5.41, 5.74) is 8.66. The van der Waals surface area contributed by atoms with Crippen molar-refractivity contribution in [1.29, 1.82) is 0 Å². The summed E-state index contributed by atoms with van der Waals surface area (Å²) in [7, 11) is 1.56. The molecule has 0 aliphatic heterocycles. The molecule has 5 heteroatoms. The van der Waals surface area contributed by atoms with E-state index in [9.17, 15) is 9.59 Å². The van der Waals surface area contributed by atoms with Crippen LogP contribution in [0.5, 0.6) is 0 Å². The number of para-hydroxylation sites is 1. The summed E-state index contributed by atoms with van der Waals surface area (Å²) in [6.07, 6.45) is 0. The zero-order valence-electron chi connectivity index (χ0n) is 11.9. The molecule has 0 fully saturated rings. The Hall–Kier alpha value is -2.82. The van der Waals surface area contributed by atoms with Crippen LogP contribution in [0.3, 0.4) is 0 Å². The third-order valence-corrected chi connectivity index (χ3v) is 3.18. The maximum atomic E-state index is 12.2. The van der Waals surface area contributed by atoms with Crippen LogP contribution in [0, 0.1) is 6.92 Å². The van der Waals surface area contributed by atoms with E-state index in [4.69, 9.17) is 5.73 Å². The van der Waals surface area contributed by atoms with Gasteiger partial charge in [-0.05, 0) is 36.8 Å². The van der Waals surface area contributed by atoms with Crippen LogP contribution in [0.2, 0.25) is 0 Å².